The summed E-state index contributed by atoms with van der Waals surface area (Å²) in [6.07, 6.45) is 3.26. The highest BCUT2D eigenvalue weighted by atomic mass is 35.5. The summed E-state index contributed by atoms with van der Waals surface area (Å²) in [6.45, 7) is 11.3. The summed E-state index contributed by atoms with van der Waals surface area (Å²) < 4.78 is 0. The van der Waals surface area contributed by atoms with E-state index in [1.807, 2.05) is 13.8 Å². The van der Waals surface area contributed by atoms with Gasteiger partial charge in [0.2, 0.25) is 0 Å². The smallest absolute Gasteiger partial charge is 0.0412 e. The Labute approximate surface area is 79.6 Å². The van der Waals surface area contributed by atoms with Crippen LogP contribution in [0, 0.1) is 17.8 Å². The predicted molar refractivity (Wildman–Crippen MR) is 55.9 cm³/mol. The van der Waals surface area contributed by atoms with Crippen molar-refractivity contribution < 1.29 is 0 Å². The molecule has 0 nitrogen and oxygen atoms in total. The molecule has 0 aliphatic heterocycles. The van der Waals surface area contributed by atoms with Gasteiger partial charge < -0.3 is 0 Å². The third-order valence-electron chi connectivity index (χ3n) is 1.03. The van der Waals surface area contributed by atoms with Gasteiger partial charge in [0.15, 0.2) is 0 Å². The van der Waals surface area contributed by atoms with Crippen molar-refractivity contribution in [3.8, 4) is 11.8 Å². The number of hydrogen-bond donors (Lipinski definition) is 0. The van der Waals surface area contributed by atoms with Crippen LogP contribution in [0.4, 0.5) is 0 Å². The molecule has 12 heavy (non-hydrogen) atoms. The first kappa shape index (κ1) is 11.1. The molecule has 64 valence electrons. The zero-order valence-corrected chi connectivity index (χ0v) is 8.28. The Bertz CT molecular complexity index is 258. The molecule has 0 aromatic rings. The SMILES string of the molecule is C=C/C(Cl)=C\C(=C)C#CC(C)C. The average molecular weight is 181 g/mol. The van der Waals surface area contributed by atoms with E-state index in [-0.39, 0.29) is 0 Å². The molecule has 0 spiro atoms. The summed E-state index contributed by atoms with van der Waals surface area (Å²) in [5, 5.41) is 0.568. The van der Waals surface area contributed by atoms with Gasteiger partial charge in [0.25, 0.3) is 0 Å². The molecule has 0 amide bonds. The molecule has 0 aliphatic carbocycles. The van der Waals surface area contributed by atoms with E-state index in [0.29, 0.717) is 16.5 Å². The lowest BCUT2D eigenvalue weighted by atomic mass is 10.2. The van der Waals surface area contributed by atoms with Crippen LogP contribution in [0.15, 0.2) is 35.9 Å². The second-order valence-electron chi connectivity index (χ2n) is 2.68. The fraction of sp³-hybridized carbons (Fsp3) is 0.273. The molecule has 0 rings (SSSR count). The highest BCUT2D eigenvalue weighted by Crippen LogP contribution is 2.05. The lowest BCUT2D eigenvalue weighted by molar-refractivity contribution is 0.866. The molecule has 0 fully saturated rings. The van der Waals surface area contributed by atoms with Gasteiger partial charge in [-0.2, -0.15) is 0 Å². The van der Waals surface area contributed by atoms with Crippen LogP contribution in [0.5, 0.6) is 0 Å². The van der Waals surface area contributed by atoms with E-state index < -0.39 is 0 Å². The first-order chi connectivity index (χ1) is 5.56. The van der Waals surface area contributed by atoms with Crippen LogP contribution in [0.25, 0.3) is 0 Å². The van der Waals surface area contributed by atoms with Crippen molar-refractivity contribution in [2.45, 2.75) is 13.8 Å². The lowest BCUT2D eigenvalue weighted by Gasteiger charge is -1.89. The molecule has 0 atom stereocenters. The molecule has 0 aliphatic rings. The Morgan fingerprint density at radius 1 is 1.50 bits per heavy atom. The highest BCUT2D eigenvalue weighted by Gasteiger charge is 1.86. The van der Waals surface area contributed by atoms with Crippen LogP contribution in [-0.2, 0) is 0 Å². The summed E-state index contributed by atoms with van der Waals surface area (Å²) in [7, 11) is 0. The summed E-state index contributed by atoms with van der Waals surface area (Å²) in [4.78, 5) is 0. The van der Waals surface area contributed by atoms with Crippen LogP contribution < -0.4 is 0 Å². The molecule has 0 aromatic heterocycles. The van der Waals surface area contributed by atoms with E-state index in [4.69, 9.17) is 11.6 Å². The molecule has 0 N–H and O–H groups in total. The molecule has 0 radical (unpaired) electrons. The fourth-order valence-electron chi connectivity index (χ4n) is 0.498. The standard InChI is InChI=1S/C11H13Cl/c1-5-11(12)8-10(4)7-6-9(2)3/h5,8-9H,1,4H2,2-3H3/b11-8+. The van der Waals surface area contributed by atoms with Crippen molar-refractivity contribution >= 4 is 11.6 Å². The summed E-state index contributed by atoms with van der Waals surface area (Å²) in [5.41, 5.74) is 0.716. The van der Waals surface area contributed by atoms with Gasteiger partial charge in [0.1, 0.15) is 0 Å². The van der Waals surface area contributed by atoms with Crippen LogP contribution in [-0.4, -0.2) is 0 Å². The Hall–Kier alpha value is -0.930. The van der Waals surface area contributed by atoms with E-state index in [2.05, 4.69) is 25.0 Å². The Morgan fingerprint density at radius 2 is 2.08 bits per heavy atom. The summed E-state index contributed by atoms with van der Waals surface area (Å²) >= 11 is 5.69. The van der Waals surface area contributed by atoms with Gasteiger partial charge >= 0.3 is 0 Å². The topological polar surface area (TPSA) is 0 Å². The predicted octanol–water partition coefficient (Wildman–Crippen LogP) is 3.51. The molecular weight excluding hydrogens is 168 g/mol. The third kappa shape index (κ3) is 5.82. The van der Waals surface area contributed by atoms with Crippen LogP contribution in [0.1, 0.15) is 13.8 Å². The van der Waals surface area contributed by atoms with Crippen molar-refractivity contribution in [2.75, 3.05) is 0 Å². The Balaban J connectivity index is 4.28. The lowest BCUT2D eigenvalue weighted by Crippen LogP contribution is -1.78. The second-order valence-corrected chi connectivity index (χ2v) is 3.12. The van der Waals surface area contributed by atoms with Gasteiger partial charge in [-0.05, 0) is 6.08 Å². The van der Waals surface area contributed by atoms with Crippen molar-refractivity contribution in [2.24, 2.45) is 5.92 Å². The highest BCUT2D eigenvalue weighted by molar-refractivity contribution is 6.31. The first-order valence-electron chi connectivity index (χ1n) is 3.76. The monoisotopic (exact) mass is 180 g/mol. The summed E-state index contributed by atoms with van der Waals surface area (Å²) in [6, 6.07) is 0. The maximum Gasteiger partial charge on any atom is 0.0412 e. The van der Waals surface area contributed by atoms with Gasteiger partial charge in [-0.25, -0.2) is 0 Å². The van der Waals surface area contributed by atoms with Crippen LogP contribution in [0.2, 0.25) is 0 Å². The number of allylic oxidation sites excluding steroid dienone is 4. The van der Waals surface area contributed by atoms with Crippen molar-refractivity contribution in [1.82, 2.24) is 0 Å². The van der Waals surface area contributed by atoms with Crippen molar-refractivity contribution in [3.05, 3.63) is 35.9 Å². The summed E-state index contributed by atoms with van der Waals surface area (Å²) in [5.74, 6) is 6.24. The van der Waals surface area contributed by atoms with E-state index >= 15 is 0 Å². The minimum Gasteiger partial charge on any atom is -0.0976 e. The van der Waals surface area contributed by atoms with Gasteiger partial charge in [-0.3, -0.25) is 0 Å². The molecule has 0 heterocycles. The third-order valence-corrected chi connectivity index (χ3v) is 1.29. The van der Waals surface area contributed by atoms with Crippen LogP contribution in [0.3, 0.4) is 0 Å². The van der Waals surface area contributed by atoms with E-state index in [9.17, 15) is 0 Å². The van der Waals surface area contributed by atoms with E-state index in [0.717, 1.165) is 0 Å². The maximum atomic E-state index is 5.69. The van der Waals surface area contributed by atoms with E-state index in [1.54, 1.807) is 12.2 Å². The minimum absolute atomic E-state index is 0.359. The zero-order valence-electron chi connectivity index (χ0n) is 7.52. The quantitative estimate of drug-likeness (QED) is 0.451. The number of halogens is 1. The number of rotatable bonds is 2. The zero-order chi connectivity index (χ0) is 9.56. The normalized spacial score (nSPS) is 10.5. The molecule has 0 aromatic carbocycles. The molecule has 1 heteroatoms. The second kappa shape index (κ2) is 5.69. The van der Waals surface area contributed by atoms with E-state index in [1.165, 1.54) is 0 Å². The van der Waals surface area contributed by atoms with Crippen LogP contribution >= 0.6 is 11.6 Å². The molecule has 0 saturated carbocycles. The molecule has 0 unspecified atom stereocenters. The Kier molecular flexibility index (Phi) is 5.25. The van der Waals surface area contributed by atoms with Gasteiger partial charge in [0, 0.05) is 16.5 Å². The Morgan fingerprint density at radius 3 is 2.50 bits per heavy atom. The minimum atomic E-state index is 0.359. The fourth-order valence-corrected chi connectivity index (χ4v) is 0.630. The molecule has 0 bridgehead atoms. The average Bonchev–Trinajstić information content (AvgIpc) is 2.00. The van der Waals surface area contributed by atoms with Crippen molar-refractivity contribution in [3.63, 3.8) is 0 Å². The molecule has 0 saturated heterocycles. The van der Waals surface area contributed by atoms with Gasteiger partial charge in [-0.1, -0.05) is 56.5 Å². The largest absolute Gasteiger partial charge is 0.0976 e. The number of hydrogen-bond acceptors (Lipinski definition) is 0. The van der Waals surface area contributed by atoms with Gasteiger partial charge in [-0.15, -0.1) is 0 Å². The van der Waals surface area contributed by atoms with Gasteiger partial charge in [0.05, 0.1) is 0 Å². The maximum absolute atomic E-state index is 5.69. The first-order valence-corrected chi connectivity index (χ1v) is 4.14. The van der Waals surface area contributed by atoms with Crippen molar-refractivity contribution in [1.29, 1.82) is 0 Å². The molecular formula is C11H13Cl.